The average molecular weight is 224 g/mol. The molecule has 0 aliphatic rings. The maximum atomic E-state index is 10.4. The summed E-state index contributed by atoms with van der Waals surface area (Å²) in [5.74, 6) is 0. The van der Waals surface area contributed by atoms with Crippen LogP contribution in [0.3, 0.4) is 0 Å². The minimum Gasteiger partial charge on any atom is -0.384 e. The van der Waals surface area contributed by atoms with E-state index in [2.05, 4.69) is 18.9 Å². The second kappa shape index (κ2) is 6.04. The van der Waals surface area contributed by atoms with Crippen LogP contribution in [-0.2, 0) is 12.1 Å². The first-order chi connectivity index (χ1) is 7.61. The molecule has 1 heterocycles. The maximum Gasteiger partial charge on any atom is 0.103 e. The third-order valence-corrected chi connectivity index (χ3v) is 2.97. The van der Waals surface area contributed by atoms with Gasteiger partial charge in [0, 0.05) is 12.7 Å². The van der Waals surface area contributed by atoms with Gasteiger partial charge in [0.25, 0.3) is 0 Å². The third kappa shape index (κ3) is 3.34. The van der Waals surface area contributed by atoms with Crippen molar-refractivity contribution in [3.63, 3.8) is 0 Å². The van der Waals surface area contributed by atoms with E-state index in [9.17, 15) is 5.11 Å². The van der Waals surface area contributed by atoms with Crippen molar-refractivity contribution in [3.05, 3.63) is 18.0 Å². The van der Waals surface area contributed by atoms with E-state index in [0.29, 0.717) is 0 Å². The van der Waals surface area contributed by atoms with Crippen LogP contribution in [0.25, 0.3) is 0 Å². The fourth-order valence-corrected chi connectivity index (χ4v) is 2.03. The predicted octanol–water partition coefficient (Wildman–Crippen LogP) is 3.08. The van der Waals surface area contributed by atoms with E-state index in [1.165, 1.54) is 12.8 Å². The molecular weight excluding hydrogens is 200 g/mol. The lowest BCUT2D eigenvalue weighted by Gasteiger charge is -2.24. The van der Waals surface area contributed by atoms with E-state index in [1.54, 1.807) is 6.20 Å². The molecular formula is C13H24N2O. The quantitative estimate of drug-likeness (QED) is 0.723. The second-order valence-corrected chi connectivity index (χ2v) is 4.67. The van der Waals surface area contributed by atoms with Crippen LogP contribution < -0.4 is 0 Å². The molecule has 0 radical (unpaired) electrons. The first-order valence-electron chi connectivity index (χ1n) is 6.36. The molecule has 1 unspecified atom stereocenters. The molecule has 3 heteroatoms. The molecule has 0 bridgehead atoms. The summed E-state index contributed by atoms with van der Waals surface area (Å²) in [6.07, 6.45) is 7.07. The molecule has 1 rings (SSSR count). The van der Waals surface area contributed by atoms with Crippen LogP contribution in [-0.4, -0.2) is 14.9 Å². The highest BCUT2D eigenvalue weighted by atomic mass is 16.3. The van der Waals surface area contributed by atoms with Gasteiger partial charge in [-0.25, -0.2) is 0 Å². The van der Waals surface area contributed by atoms with Crippen molar-refractivity contribution in [3.8, 4) is 0 Å². The molecule has 1 N–H and O–H groups in total. The van der Waals surface area contributed by atoms with Gasteiger partial charge >= 0.3 is 0 Å². The van der Waals surface area contributed by atoms with Gasteiger partial charge in [-0.15, -0.1) is 0 Å². The van der Waals surface area contributed by atoms with Gasteiger partial charge in [-0.05, 0) is 25.8 Å². The standard InChI is InChI=1S/C13H24N2O/c1-4-6-7-9-13(3,16)12-8-10-14-15(12)11-5-2/h8,10,16H,4-7,9,11H2,1-3H3. The van der Waals surface area contributed by atoms with E-state index in [-0.39, 0.29) is 0 Å². The molecule has 1 aromatic rings. The molecule has 92 valence electrons. The maximum absolute atomic E-state index is 10.4. The van der Waals surface area contributed by atoms with E-state index >= 15 is 0 Å². The lowest BCUT2D eigenvalue weighted by molar-refractivity contribution is 0.0355. The summed E-state index contributed by atoms with van der Waals surface area (Å²) < 4.78 is 1.92. The zero-order chi connectivity index (χ0) is 12.0. The molecule has 1 aromatic heterocycles. The number of rotatable bonds is 7. The highest BCUT2D eigenvalue weighted by Crippen LogP contribution is 2.26. The predicted molar refractivity (Wildman–Crippen MR) is 66.2 cm³/mol. The zero-order valence-electron chi connectivity index (χ0n) is 10.7. The van der Waals surface area contributed by atoms with E-state index in [0.717, 1.165) is 31.5 Å². The first kappa shape index (κ1) is 13.2. The minimum atomic E-state index is -0.735. The lowest BCUT2D eigenvalue weighted by atomic mass is 9.94. The van der Waals surface area contributed by atoms with Gasteiger partial charge < -0.3 is 5.11 Å². The van der Waals surface area contributed by atoms with E-state index in [1.807, 2.05) is 17.7 Å². The molecule has 3 nitrogen and oxygen atoms in total. The number of hydrogen-bond acceptors (Lipinski definition) is 2. The summed E-state index contributed by atoms with van der Waals surface area (Å²) in [7, 11) is 0. The summed E-state index contributed by atoms with van der Waals surface area (Å²) in [6.45, 7) is 7.07. The summed E-state index contributed by atoms with van der Waals surface area (Å²) in [5, 5.41) is 14.7. The van der Waals surface area contributed by atoms with Crippen LogP contribution in [0.4, 0.5) is 0 Å². The number of nitrogens with zero attached hydrogens (tertiary/aromatic N) is 2. The normalized spacial score (nSPS) is 15.0. The number of aliphatic hydroxyl groups is 1. The summed E-state index contributed by atoms with van der Waals surface area (Å²) >= 11 is 0. The molecule has 0 fully saturated rings. The Morgan fingerprint density at radius 1 is 1.31 bits per heavy atom. The monoisotopic (exact) mass is 224 g/mol. The van der Waals surface area contributed by atoms with Crippen molar-refractivity contribution in [2.24, 2.45) is 0 Å². The number of hydrogen-bond donors (Lipinski definition) is 1. The van der Waals surface area contributed by atoms with Crippen molar-refractivity contribution < 1.29 is 5.11 Å². The van der Waals surface area contributed by atoms with Gasteiger partial charge in [0.15, 0.2) is 0 Å². The van der Waals surface area contributed by atoms with Crippen molar-refractivity contribution in [2.75, 3.05) is 0 Å². The van der Waals surface area contributed by atoms with E-state index in [4.69, 9.17) is 0 Å². The van der Waals surface area contributed by atoms with Crippen LogP contribution in [0.1, 0.15) is 58.6 Å². The van der Waals surface area contributed by atoms with Crippen LogP contribution in [0.2, 0.25) is 0 Å². The van der Waals surface area contributed by atoms with Crippen molar-refractivity contribution >= 4 is 0 Å². The Kier molecular flexibility index (Phi) is 5.00. The molecule has 16 heavy (non-hydrogen) atoms. The van der Waals surface area contributed by atoms with Crippen LogP contribution in [0.15, 0.2) is 12.3 Å². The molecule has 1 atom stereocenters. The molecule has 0 spiro atoms. The minimum absolute atomic E-state index is 0.735. The Hall–Kier alpha value is -0.830. The SMILES string of the molecule is CCCCCC(C)(O)c1ccnn1CCC. The van der Waals surface area contributed by atoms with Crippen molar-refractivity contribution in [1.29, 1.82) is 0 Å². The molecule has 0 aliphatic heterocycles. The van der Waals surface area contributed by atoms with Crippen molar-refractivity contribution in [1.82, 2.24) is 9.78 Å². The van der Waals surface area contributed by atoms with Gasteiger partial charge in [0.1, 0.15) is 5.60 Å². The zero-order valence-corrected chi connectivity index (χ0v) is 10.7. The van der Waals surface area contributed by atoms with Gasteiger partial charge in [0.2, 0.25) is 0 Å². The second-order valence-electron chi connectivity index (χ2n) is 4.67. The Balaban J connectivity index is 2.68. The Morgan fingerprint density at radius 3 is 2.69 bits per heavy atom. The summed E-state index contributed by atoms with van der Waals surface area (Å²) in [5.41, 5.74) is 0.214. The smallest absolute Gasteiger partial charge is 0.103 e. The highest BCUT2D eigenvalue weighted by Gasteiger charge is 2.26. The fourth-order valence-electron chi connectivity index (χ4n) is 2.03. The lowest BCUT2D eigenvalue weighted by Crippen LogP contribution is -2.25. The van der Waals surface area contributed by atoms with Crippen LogP contribution >= 0.6 is 0 Å². The first-order valence-corrected chi connectivity index (χ1v) is 6.36. The number of unbranched alkanes of at least 4 members (excludes halogenated alkanes) is 2. The van der Waals surface area contributed by atoms with Gasteiger partial charge in [0.05, 0.1) is 5.69 Å². The van der Waals surface area contributed by atoms with Gasteiger partial charge in [-0.3, -0.25) is 4.68 Å². The highest BCUT2D eigenvalue weighted by molar-refractivity contribution is 5.10. The Labute approximate surface area is 98.5 Å². The summed E-state index contributed by atoms with van der Waals surface area (Å²) in [4.78, 5) is 0. The van der Waals surface area contributed by atoms with Gasteiger partial charge in [-0.2, -0.15) is 5.10 Å². The third-order valence-electron chi connectivity index (χ3n) is 2.97. The molecule has 0 saturated heterocycles. The molecule has 0 aromatic carbocycles. The Morgan fingerprint density at radius 2 is 2.06 bits per heavy atom. The topological polar surface area (TPSA) is 38.1 Å². The van der Waals surface area contributed by atoms with Crippen LogP contribution in [0, 0.1) is 0 Å². The molecule has 0 aliphatic carbocycles. The van der Waals surface area contributed by atoms with E-state index < -0.39 is 5.60 Å². The summed E-state index contributed by atoms with van der Waals surface area (Å²) in [6, 6.07) is 1.93. The molecule has 0 amide bonds. The Bertz CT molecular complexity index is 305. The van der Waals surface area contributed by atoms with Crippen molar-refractivity contribution in [2.45, 2.75) is 65.0 Å². The largest absolute Gasteiger partial charge is 0.384 e. The van der Waals surface area contributed by atoms with Gasteiger partial charge in [-0.1, -0.05) is 33.1 Å². The molecule has 0 saturated carbocycles. The average Bonchev–Trinajstić information content (AvgIpc) is 2.67. The number of aromatic nitrogens is 2. The fraction of sp³-hybridized carbons (Fsp3) is 0.769. The number of aryl methyl sites for hydroxylation is 1. The van der Waals surface area contributed by atoms with Crippen LogP contribution in [0.5, 0.6) is 0 Å².